The Labute approximate surface area is 281 Å². The van der Waals surface area contributed by atoms with Gasteiger partial charge in [0, 0.05) is 18.0 Å². The van der Waals surface area contributed by atoms with Crippen molar-refractivity contribution in [3.63, 3.8) is 0 Å². The first-order chi connectivity index (χ1) is 22.6. The molecule has 0 bridgehead atoms. The van der Waals surface area contributed by atoms with Crippen LogP contribution in [0.4, 0.5) is 5.95 Å². The van der Waals surface area contributed by atoms with E-state index >= 15 is 0 Å². The summed E-state index contributed by atoms with van der Waals surface area (Å²) in [6, 6.07) is 2.12. The van der Waals surface area contributed by atoms with Crippen LogP contribution >= 0.6 is 8.53 Å². The Morgan fingerprint density at radius 3 is 2.15 bits per heavy atom. The number of rotatable bonds is 16. The van der Waals surface area contributed by atoms with Crippen LogP contribution in [0.5, 0.6) is 0 Å². The van der Waals surface area contributed by atoms with Crippen molar-refractivity contribution in [3.8, 4) is 6.07 Å². The highest BCUT2D eigenvalue weighted by Crippen LogP contribution is 2.47. The summed E-state index contributed by atoms with van der Waals surface area (Å²) in [5.41, 5.74) is -0.627. The number of nitrogens with one attached hydrogen (secondary N) is 2. The minimum absolute atomic E-state index is 0.0246. The van der Waals surface area contributed by atoms with Crippen LogP contribution in [0.3, 0.4) is 0 Å². The van der Waals surface area contributed by atoms with Crippen molar-refractivity contribution in [1.29, 1.82) is 5.26 Å². The normalized spacial score (nSPS) is 20.3. The number of ether oxygens (including phenoxy) is 3. The lowest BCUT2D eigenvalue weighted by molar-refractivity contribution is -0.172. The molecule has 1 saturated heterocycles. The molecular weight excluding hydrogens is 645 g/mol. The molecule has 2 aromatic heterocycles. The molecule has 1 amide bonds. The summed E-state index contributed by atoms with van der Waals surface area (Å²) in [5, 5.41) is 11.7. The number of carbonyl (C=O) groups excluding carboxylic acids is 3. The fourth-order valence-electron chi connectivity index (χ4n) is 4.76. The van der Waals surface area contributed by atoms with Gasteiger partial charge in [0.1, 0.15) is 6.10 Å². The van der Waals surface area contributed by atoms with E-state index in [-0.39, 0.29) is 60.7 Å². The average Bonchev–Trinajstić information content (AvgIpc) is 3.56. The average molecular weight is 694 g/mol. The zero-order valence-corrected chi connectivity index (χ0v) is 30.1. The van der Waals surface area contributed by atoms with E-state index in [9.17, 15) is 19.2 Å². The van der Waals surface area contributed by atoms with Crippen LogP contribution in [0.1, 0.15) is 81.9 Å². The van der Waals surface area contributed by atoms with Gasteiger partial charge in [0.15, 0.2) is 29.6 Å². The summed E-state index contributed by atoms with van der Waals surface area (Å²) in [6.07, 6.45) is -3.03. The van der Waals surface area contributed by atoms with Crippen LogP contribution in [-0.2, 0) is 37.6 Å². The molecule has 0 radical (unpaired) electrons. The second kappa shape index (κ2) is 17.3. The van der Waals surface area contributed by atoms with Crippen LogP contribution in [0.25, 0.3) is 11.2 Å². The number of aromatic nitrogens is 4. The summed E-state index contributed by atoms with van der Waals surface area (Å²) in [5.74, 6) is -3.04. The summed E-state index contributed by atoms with van der Waals surface area (Å²) < 4.78 is 34.2. The van der Waals surface area contributed by atoms with Crippen molar-refractivity contribution < 1.29 is 37.6 Å². The van der Waals surface area contributed by atoms with Gasteiger partial charge in [0.2, 0.25) is 11.9 Å². The maximum atomic E-state index is 13.1. The standard InChI is InChI=1S/C31H48N7O9P/c1-16(2)26(39)35-31-34-25-22(27(40)36-31)33-15-37(25)28-24(47-30(42)18(5)6)23(46-29(41)17(3)4)21(45-28)14-44-48(43-13-11-12-32)38(19(7)8)20(9)10/h15-21,23-24,28H,11,13-14H2,1-10H3,(H2,34,35,36,39,40)/t21?,23-,24-,28-,48?/m1/s1. The Hall–Kier alpha value is -3.48. The summed E-state index contributed by atoms with van der Waals surface area (Å²) >= 11 is 0. The summed E-state index contributed by atoms with van der Waals surface area (Å²) in [4.78, 5) is 62.6. The first-order valence-electron chi connectivity index (χ1n) is 16.1. The van der Waals surface area contributed by atoms with Gasteiger partial charge in [-0.3, -0.25) is 34.0 Å². The monoisotopic (exact) mass is 693 g/mol. The fraction of sp³-hybridized carbons (Fsp3) is 0.710. The van der Waals surface area contributed by atoms with Crippen LogP contribution in [0, 0.1) is 29.1 Å². The third-order valence-corrected chi connectivity index (χ3v) is 9.29. The van der Waals surface area contributed by atoms with Crippen molar-refractivity contribution in [2.75, 3.05) is 18.5 Å². The van der Waals surface area contributed by atoms with Crippen molar-refractivity contribution in [2.45, 2.75) is 112 Å². The third-order valence-electron chi connectivity index (χ3n) is 7.22. The first-order valence-corrected chi connectivity index (χ1v) is 17.3. The molecule has 3 heterocycles. The maximum Gasteiger partial charge on any atom is 0.308 e. The zero-order chi connectivity index (χ0) is 35.9. The highest BCUT2D eigenvalue weighted by Gasteiger charge is 2.52. The largest absolute Gasteiger partial charge is 0.455 e. The zero-order valence-electron chi connectivity index (χ0n) is 29.3. The van der Waals surface area contributed by atoms with Crippen molar-refractivity contribution in [3.05, 3.63) is 16.7 Å². The molecule has 3 rings (SSSR count). The van der Waals surface area contributed by atoms with E-state index in [1.54, 1.807) is 41.5 Å². The van der Waals surface area contributed by atoms with Gasteiger partial charge in [0.05, 0.1) is 43.9 Å². The van der Waals surface area contributed by atoms with Gasteiger partial charge in [-0.15, -0.1) is 0 Å². The quantitative estimate of drug-likeness (QED) is 0.145. The van der Waals surface area contributed by atoms with E-state index in [2.05, 4.69) is 26.3 Å². The highest BCUT2D eigenvalue weighted by atomic mass is 31.2. The molecule has 2 aromatic rings. The van der Waals surface area contributed by atoms with E-state index in [0.717, 1.165) is 0 Å². The minimum atomic E-state index is -1.70. The van der Waals surface area contributed by atoms with Crippen molar-refractivity contribution >= 4 is 43.5 Å². The SMILES string of the molecule is CC(C)C(=O)Nc1nc2c(ncn2[C@@H]2OC(COP(OCCC#N)N(C(C)C)C(C)C)[C@@H](OC(=O)C(C)C)[C@H]2OC(=O)C(C)C)c(=O)[nH]1. The second-order valence-electron chi connectivity index (χ2n) is 12.9. The predicted octanol–water partition coefficient (Wildman–Crippen LogP) is 4.04. The number of hydrogen-bond acceptors (Lipinski definition) is 13. The molecule has 2 unspecified atom stereocenters. The Morgan fingerprint density at radius 2 is 1.60 bits per heavy atom. The van der Waals surface area contributed by atoms with Crippen LogP contribution in [-0.4, -0.2) is 85.6 Å². The summed E-state index contributed by atoms with van der Waals surface area (Å²) in [7, 11) is -1.70. The maximum absolute atomic E-state index is 13.1. The van der Waals surface area contributed by atoms with Gasteiger partial charge in [-0.25, -0.2) is 9.65 Å². The number of aromatic amines is 1. The first kappa shape index (κ1) is 39.0. The number of nitrogens with zero attached hydrogens (tertiary/aromatic N) is 5. The molecule has 2 N–H and O–H groups in total. The lowest BCUT2D eigenvalue weighted by Gasteiger charge is -2.36. The van der Waals surface area contributed by atoms with Gasteiger partial charge in [-0.1, -0.05) is 41.5 Å². The van der Waals surface area contributed by atoms with Crippen molar-refractivity contribution in [2.24, 2.45) is 17.8 Å². The molecule has 0 aliphatic carbocycles. The van der Waals surface area contributed by atoms with Crippen LogP contribution in [0.15, 0.2) is 11.1 Å². The molecule has 48 heavy (non-hydrogen) atoms. The molecule has 0 spiro atoms. The number of anilines is 1. The minimum Gasteiger partial charge on any atom is -0.455 e. The topological polar surface area (TPSA) is 200 Å². The number of imidazole rings is 1. The number of carbonyl (C=O) groups is 3. The molecule has 266 valence electrons. The van der Waals surface area contributed by atoms with Crippen molar-refractivity contribution in [1.82, 2.24) is 24.2 Å². The van der Waals surface area contributed by atoms with E-state index in [1.165, 1.54) is 10.9 Å². The number of fused-ring (bicyclic) bond motifs is 1. The molecule has 1 aliphatic rings. The van der Waals surface area contributed by atoms with Gasteiger partial charge in [-0.2, -0.15) is 10.2 Å². The molecule has 1 fully saturated rings. The number of amides is 1. The van der Waals surface area contributed by atoms with E-state index in [0.29, 0.717) is 0 Å². The van der Waals surface area contributed by atoms with Gasteiger partial charge >= 0.3 is 11.9 Å². The molecule has 17 heteroatoms. The number of hydrogen-bond donors (Lipinski definition) is 2. The molecule has 0 saturated carbocycles. The molecule has 0 aromatic carbocycles. The Morgan fingerprint density at radius 1 is 1.00 bits per heavy atom. The molecule has 16 nitrogen and oxygen atoms in total. The number of nitriles is 1. The third kappa shape index (κ3) is 9.57. The Balaban J connectivity index is 2.10. The Bertz CT molecular complexity index is 1510. The predicted molar refractivity (Wildman–Crippen MR) is 176 cm³/mol. The highest BCUT2D eigenvalue weighted by molar-refractivity contribution is 7.44. The lowest BCUT2D eigenvalue weighted by atomic mass is 10.1. The molecule has 5 atom stereocenters. The molecule has 1 aliphatic heterocycles. The lowest BCUT2D eigenvalue weighted by Crippen LogP contribution is -2.42. The van der Waals surface area contributed by atoms with Gasteiger partial charge in [-0.05, 0) is 27.7 Å². The van der Waals surface area contributed by atoms with E-state index < -0.39 is 62.4 Å². The van der Waals surface area contributed by atoms with Crippen LogP contribution < -0.4 is 10.9 Å². The van der Waals surface area contributed by atoms with E-state index in [1.807, 2.05) is 32.4 Å². The van der Waals surface area contributed by atoms with Gasteiger partial charge < -0.3 is 23.3 Å². The number of H-pyrrole nitrogens is 1. The summed E-state index contributed by atoms with van der Waals surface area (Å²) in [6.45, 7) is 18.1. The second-order valence-corrected chi connectivity index (χ2v) is 14.4. The number of esters is 2. The van der Waals surface area contributed by atoms with Crippen LogP contribution in [0.2, 0.25) is 0 Å². The molecular formula is C31H48N7O9P. The van der Waals surface area contributed by atoms with E-state index in [4.69, 9.17) is 28.5 Å². The van der Waals surface area contributed by atoms with Gasteiger partial charge in [0.25, 0.3) is 14.1 Å². The smallest absolute Gasteiger partial charge is 0.308 e. The fourth-order valence-corrected chi connectivity index (χ4v) is 6.37. The Kier molecular flexibility index (Phi) is 14.0.